The largest absolute Gasteiger partial charge is 0.293 e. The molecule has 1 aromatic heterocycles. The van der Waals surface area contributed by atoms with Crippen LogP contribution in [0.25, 0.3) is 10.9 Å². The molecule has 0 aliphatic carbocycles. The first-order chi connectivity index (χ1) is 11.2. The van der Waals surface area contributed by atoms with Crippen LogP contribution in [0.15, 0.2) is 66.7 Å². The smallest absolute Gasteiger partial charge is 0.241 e. The molecule has 2 heterocycles. The monoisotopic (exact) mass is 320 g/mol. The van der Waals surface area contributed by atoms with E-state index in [9.17, 15) is 4.79 Å². The van der Waals surface area contributed by atoms with Crippen LogP contribution >= 0.6 is 11.8 Å². The lowest BCUT2D eigenvalue weighted by atomic mass is 10.2. The highest BCUT2D eigenvalue weighted by Gasteiger charge is 2.40. The van der Waals surface area contributed by atoms with E-state index in [4.69, 9.17) is 4.98 Å². The van der Waals surface area contributed by atoms with Crippen LogP contribution in [-0.4, -0.2) is 16.1 Å². The zero-order chi connectivity index (χ0) is 15.8. The topological polar surface area (TPSA) is 33.2 Å². The first-order valence-corrected chi connectivity index (χ1v) is 8.57. The lowest BCUT2D eigenvalue weighted by Gasteiger charge is -2.23. The van der Waals surface area contributed by atoms with Crippen molar-refractivity contribution < 1.29 is 4.79 Å². The molecule has 0 saturated carbocycles. The van der Waals surface area contributed by atoms with E-state index in [2.05, 4.69) is 12.1 Å². The summed E-state index contributed by atoms with van der Waals surface area (Å²) >= 11 is 1.65. The van der Waals surface area contributed by atoms with Crippen LogP contribution in [0.5, 0.6) is 0 Å². The predicted molar refractivity (Wildman–Crippen MR) is 95.5 cm³/mol. The van der Waals surface area contributed by atoms with Crippen molar-refractivity contribution in [3.05, 3.63) is 72.4 Å². The third-order valence-electron chi connectivity index (χ3n) is 4.06. The fourth-order valence-corrected chi connectivity index (χ4v) is 4.13. The number of hydrogen-bond acceptors (Lipinski definition) is 3. The molecule has 1 aliphatic heterocycles. The quantitative estimate of drug-likeness (QED) is 0.701. The molecule has 0 spiro atoms. The molecular weight excluding hydrogens is 304 g/mol. The van der Waals surface area contributed by atoms with Gasteiger partial charge in [0.05, 0.1) is 16.5 Å². The van der Waals surface area contributed by atoms with Crippen molar-refractivity contribution in [2.45, 2.75) is 17.5 Å². The Labute approximate surface area is 139 Å². The van der Waals surface area contributed by atoms with E-state index in [-0.39, 0.29) is 16.5 Å². The van der Waals surface area contributed by atoms with E-state index in [1.54, 1.807) is 11.8 Å². The van der Waals surface area contributed by atoms with Gasteiger partial charge in [-0.3, -0.25) is 9.69 Å². The number of carbonyl (C=O) groups excluding carboxylic acids is 1. The van der Waals surface area contributed by atoms with Gasteiger partial charge in [0.25, 0.3) is 0 Å². The highest BCUT2D eigenvalue weighted by molar-refractivity contribution is 8.01. The van der Waals surface area contributed by atoms with Crippen molar-refractivity contribution in [2.75, 3.05) is 4.90 Å². The van der Waals surface area contributed by atoms with E-state index in [0.29, 0.717) is 0 Å². The zero-order valence-corrected chi connectivity index (χ0v) is 13.5. The Morgan fingerprint density at radius 2 is 1.70 bits per heavy atom. The van der Waals surface area contributed by atoms with Crippen molar-refractivity contribution in [1.29, 1.82) is 0 Å². The maximum atomic E-state index is 12.6. The van der Waals surface area contributed by atoms with Crippen LogP contribution in [0.4, 0.5) is 5.69 Å². The Balaban J connectivity index is 1.79. The Bertz CT molecular complexity index is 865. The number of thioether (sulfide) groups is 1. The molecule has 3 aromatic rings. The summed E-state index contributed by atoms with van der Waals surface area (Å²) in [5.74, 6) is 0.140. The maximum Gasteiger partial charge on any atom is 0.241 e. The number of para-hydroxylation sites is 2. The van der Waals surface area contributed by atoms with Gasteiger partial charge in [0.1, 0.15) is 5.37 Å². The fraction of sp³-hybridized carbons (Fsp3) is 0.158. The van der Waals surface area contributed by atoms with Crippen molar-refractivity contribution >= 4 is 34.3 Å². The van der Waals surface area contributed by atoms with Crippen molar-refractivity contribution in [1.82, 2.24) is 4.98 Å². The third kappa shape index (κ3) is 2.49. The molecule has 1 saturated heterocycles. The molecule has 1 fully saturated rings. The molecule has 0 bridgehead atoms. The van der Waals surface area contributed by atoms with Crippen LogP contribution < -0.4 is 4.90 Å². The highest BCUT2D eigenvalue weighted by atomic mass is 32.2. The van der Waals surface area contributed by atoms with Crippen LogP contribution in [0, 0.1) is 0 Å². The minimum atomic E-state index is -0.0792. The van der Waals surface area contributed by atoms with Gasteiger partial charge < -0.3 is 0 Å². The van der Waals surface area contributed by atoms with Gasteiger partial charge in [-0.1, -0.05) is 42.5 Å². The molecule has 2 atom stereocenters. The molecule has 3 nitrogen and oxygen atoms in total. The number of rotatable bonds is 2. The van der Waals surface area contributed by atoms with Gasteiger partial charge in [0.2, 0.25) is 5.91 Å². The Morgan fingerprint density at radius 1 is 0.957 bits per heavy atom. The SMILES string of the molecule is C[C@H]1S[C@@H](c2ccc3ccccc3n2)N(c2ccccc2)C1=O. The number of nitrogens with zero attached hydrogens (tertiary/aromatic N) is 2. The third-order valence-corrected chi connectivity index (χ3v) is 5.38. The molecular formula is C19H16N2OS. The van der Waals surface area contributed by atoms with Gasteiger partial charge in [-0.2, -0.15) is 0 Å². The van der Waals surface area contributed by atoms with Crippen molar-refractivity contribution in [3.63, 3.8) is 0 Å². The van der Waals surface area contributed by atoms with Gasteiger partial charge in [0, 0.05) is 11.1 Å². The first kappa shape index (κ1) is 14.3. The second-order valence-corrected chi connectivity index (χ2v) is 7.03. The first-order valence-electron chi connectivity index (χ1n) is 7.63. The van der Waals surface area contributed by atoms with Crippen molar-refractivity contribution in [2.24, 2.45) is 0 Å². The van der Waals surface area contributed by atoms with Crippen LogP contribution in [0.1, 0.15) is 18.0 Å². The van der Waals surface area contributed by atoms with E-state index >= 15 is 0 Å². The molecule has 4 heteroatoms. The van der Waals surface area contributed by atoms with Crippen molar-refractivity contribution in [3.8, 4) is 0 Å². The zero-order valence-electron chi connectivity index (χ0n) is 12.7. The summed E-state index contributed by atoms with van der Waals surface area (Å²) < 4.78 is 0. The van der Waals surface area contributed by atoms with E-state index in [1.165, 1.54) is 0 Å². The number of fused-ring (bicyclic) bond motifs is 1. The fourth-order valence-electron chi connectivity index (χ4n) is 2.90. The number of hydrogen-bond donors (Lipinski definition) is 0. The normalized spacial score (nSPS) is 21.1. The van der Waals surface area contributed by atoms with Gasteiger partial charge in [-0.25, -0.2) is 4.98 Å². The molecule has 0 unspecified atom stereocenters. The molecule has 1 amide bonds. The van der Waals surface area contributed by atoms with Gasteiger partial charge in [-0.05, 0) is 31.2 Å². The summed E-state index contributed by atoms with van der Waals surface area (Å²) in [6.07, 6.45) is 0. The molecule has 0 radical (unpaired) electrons. The highest BCUT2D eigenvalue weighted by Crippen LogP contribution is 2.44. The molecule has 4 rings (SSSR count). The number of carbonyl (C=O) groups is 1. The minimum absolute atomic E-state index is 0.0616. The summed E-state index contributed by atoms with van der Waals surface area (Å²) in [7, 11) is 0. The number of pyridine rings is 1. The summed E-state index contributed by atoms with van der Waals surface area (Å²) in [4.78, 5) is 19.3. The van der Waals surface area contributed by atoms with Crippen LogP contribution in [0.2, 0.25) is 0 Å². The second-order valence-electron chi connectivity index (χ2n) is 5.60. The van der Waals surface area contributed by atoms with Gasteiger partial charge in [-0.15, -0.1) is 11.8 Å². The lowest BCUT2D eigenvalue weighted by molar-refractivity contribution is -0.117. The standard InChI is InChI=1S/C19H16N2OS/c1-13-18(22)21(15-8-3-2-4-9-15)19(23-13)17-12-11-14-7-5-6-10-16(14)20-17/h2-13,19H,1H3/t13-,19+/m1/s1. The van der Waals surface area contributed by atoms with E-state index in [0.717, 1.165) is 22.3 Å². The molecule has 1 aliphatic rings. The molecule has 23 heavy (non-hydrogen) atoms. The Kier molecular flexibility index (Phi) is 3.54. The van der Waals surface area contributed by atoms with Crippen LogP contribution in [0.3, 0.4) is 0 Å². The number of anilines is 1. The predicted octanol–water partition coefficient (Wildman–Crippen LogP) is 4.40. The van der Waals surface area contributed by atoms with E-state index < -0.39 is 0 Å². The molecule has 114 valence electrons. The van der Waals surface area contributed by atoms with Gasteiger partial charge in [0.15, 0.2) is 0 Å². The van der Waals surface area contributed by atoms with E-state index in [1.807, 2.05) is 66.4 Å². The maximum absolute atomic E-state index is 12.6. The average molecular weight is 320 g/mol. The Morgan fingerprint density at radius 3 is 2.52 bits per heavy atom. The Hall–Kier alpha value is -2.33. The lowest BCUT2D eigenvalue weighted by Crippen LogP contribution is -2.30. The summed E-state index contributed by atoms with van der Waals surface area (Å²) in [5.41, 5.74) is 2.81. The van der Waals surface area contributed by atoms with Gasteiger partial charge >= 0.3 is 0 Å². The summed E-state index contributed by atoms with van der Waals surface area (Å²) in [5, 5.41) is 0.975. The number of benzene rings is 2. The van der Waals surface area contributed by atoms with Crippen LogP contribution in [-0.2, 0) is 4.79 Å². The minimum Gasteiger partial charge on any atom is -0.293 e. The average Bonchev–Trinajstić information content (AvgIpc) is 2.90. The number of amides is 1. The second kappa shape index (κ2) is 5.70. The summed E-state index contributed by atoms with van der Waals surface area (Å²) in [6.45, 7) is 1.96. The molecule has 0 N–H and O–H groups in total. The summed E-state index contributed by atoms with van der Waals surface area (Å²) in [6, 6.07) is 22.0. The molecule has 2 aromatic carbocycles. The number of aromatic nitrogens is 1.